The number of aromatic nitrogens is 2. The molecule has 0 bridgehead atoms. The van der Waals surface area contributed by atoms with Crippen LogP contribution in [0.3, 0.4) is 0 Å². The van der Waals surface area contributed by atoms with E-state index in [1.165, 1.54) is 6.33 Å². The third-order valence-corrected chi connectivity index (χ3v) is 3.87. The van der Waals surface area contributed by atoms with Crippen molar-refractivity contribution >= 4 is 44.6 Å². The third-order valence-electron chi connectivity index (χ3n) is 3.37. The number of benzene rings is 2. The highest BCUT2D eigenvalue weighted by atomic mass is 79.9. The molecular formula is C17H14BrN5O2. The predicted octanol–water partition coefficient (Wildman–Crippen LogP) is 4.94. The van der Waals surface area contributed by atoms with Crippen molar-refractivity contribution in [2.75, 3.05) is 10.6 Å². The van der Waals surface area contributed by atoms with Crippen molar-refractivity contribution in [1.82, 2.24) is 9.97 Å². The molecule has 126 valence electrons. The molecule has 0 aliphatic heterocycles. The molecule has 2 N–H and O–H groups in total. The molecule has 7 nitrogen and oxygen atoms in total. The lowest BCUT2D eigenvalue weighted by Gasteiger charge is -2.10. The molecule has 1 aromatic heterocycles. The fourth-order valence-electron chi connectivity index (χ4n) is 2.30. The molecule has 0 saturated heterocycles. The first-order valence-electron chi connectivity index (χ1n) is 7.38. The van der Waals surface area contributed by atoms with Crippen LogP contribution in [0, 0.1) is 17.0 Å². The smallest absolute Gasteiger partial charge is 0.334 e. The zero-order valence-electron chi connectivity index (χ0n) is 13.2. The van der Waals surface area contributed by atoms with E-state index in [0.717, 1.165) is 15.7 Å². The Hall–Kier alpha value is -3.00. The van der Waals surface area contributed by atoms with Crippen molar-refractivity contribution in [1.29, 1.82) is 0 Å². The molecule has 1 heterocycles. The minimum Gasteiger partial charge on any atom is -0.334 e. The number of hydrogen-bond donors (Lipinski definition) is 2. The summed E-state index contributed by atoms with van der Waals surface area (Å²) in [5, 5.41) is 17.6. The van der Waals surface area contributed by atoms with Gasteiger partial charge in [-0.3, -0.25) is 10.1 Å². The third kappa shape index (κ3) is 4.10. The summed E-state index contributed by atoms with van der Waals surface area (Å²) in [7, 11) is 0. The summed E-state index contributed by atoms with van der Waals surface area (Å²) in [5.41, 5.74) is 2.21. The van der Waals surface area contributed by atoms with Gasteiger partial charge in [-0.1, -0.05) is 34.1 Å². The molecule has 25 heavy (non-hydrogen) atoms. The molecule has 0 amide bonds. The van der Waals surface area contributed by atoms with Gasteiger partial charge in [0.1, 0.15) is 6.33 Å². The number of anilines is 4. The number of nitrogens with zero attached hydrogens (tertiary/aromatic N) is 3. The van der Waals surface area contributed by atoms with E-state index in [4.69, 9.17) is 0 Å². The lowest BCUT2D eigenvalue weighted by Crippen LogP contribution is -2.05. The summed E-state index contributed by atoms with van der Waals surface area (Å²) in [6.45, 7) is 1.94. The highest BCUT2D eigenvalue weighted by Gasteiger charge is 2.23. The van der Waals surface area contributed by atoms with Gasteiger partial charge >= 0.3 is 5.69 Å². The molecule has 0 aliphatic carbocycles. The summed E-state index contributed by atoms with van der Waals surface area (Å²) in [4.78, 5) is 19.1. The predicted molar refractivity (Wildman–Crippen MR) is 101 cm³/mol. The van der Waals surface area contributed by atoms with Gasteiger partial charge in [-0.2, -0.15) is 0 Å². The first-order valence-corrected chi connectivity index (χ1v) is 8.18. The first kappa shape index (κ1) is 16.8. The molecule has 0 saturated carbocycles. The normalized spacial score (nSPS) is 10.3. The summed E-state index contributed by atoms with van der Waals surface area (Å²) < 4.78 is 0.854. The standard InChI is InChI=1S/C17H14BrN5O2/c1-11-4-2-6-13(8-11)21-16-15(23(24)25)17(20-10-19-16)22-14-7-3-5-12(18)9-14/h2-10H,1H3,(H2,19,20,21,22). The number of nitrogens with one attached hydrogen (secondary N) is 2. The maximum atomic E-state index is 11.6. The van der Waals surface area contributed by atoms with Gasteiger partial charge in [-0.15, -0.1) is 0 Å². The van der Waals surface area contributed by atoms with Crippen molar-refractivity contribution in [3.8, 4) is 0 Å². The number of rotatable bonds is 5. The Morgan fingerprint density at radius 2 is 1.60 bits per heavy atom. The number of aryl methyl sites for hydroxylation is 1. The first-order chi connectivity index (χ1) is 12.0. The van der Waals surface area contributed by atoms with E-state index in [0.29, 0.717) is 5.69 Å². The van der Waals surface area contributed by atoms with E-state index >= 15 is 0 Å². The molecule has 0 unspecified atom stereocenters. The fourth-order valence-corrected chi connectivity index (χ4v) is 2.70. The number of hydrogen-bond acceptors (Lipinski definition) is 6. The van der Waals surface area contributed by atoms with E-state index < -0.39 is 4.92 Å². The monoisotopic (exact) mass is 399 g/mol. The van der Waals surface area contributed by atoms with Gasteiger partial charge < -0.3 is 10.6 Å². The van der Waals surface area contributed by atoms with Crippen molar-refractivity contribution in [3.63, 3.8) is 0 Å². The average molecular weight is 400 g/mol. The highest BCUT2D eigenvalue weighted by Crippen LogP contribution is 2.33. The van der Waals surface area contributed by atoms with Gasteiger partial charge in [0.05, 0.1) is 4.92 Å². The quantitative estimate of drug-likeness (QED) is 0.465. The molecule has 0 fully saturated rings. The van der Waals surface area contributed by atoms with Crippen molar-refractivity contribution in [2.24, 2.45) is 0 Å². The maximum absolute atomic E-state index is 11.6. The lowest BCUT2D eigenvalue weighted by molar-refractivity contribution is -0.383. The van der Waals surface area contributed by atoms with Crippen LogP contribution in [0.2, 0.25) is 0 Å². The van der Waals surface area contributed by atoms with Gasteiger partial charge in [0.2, 0.25) is 11.6 Å². The second kappa shape index (κ2) is 7.27. The van der Waals surface area contributed by atoms with Gasteiger partial charge in [0.15, 0.2) is 0 Å². The molecule has 3 aromatic rings. The molecule has 0 aliphatic rings. The Kier molecular flexibility index (Phi) is 4.90. The minimum atomic E-state index is -0.502. The van der Waals surface area contributed by atoms with E-state index in [1.807, 2.05) is 43.3 Å². The van der Waals surface area contributed by atoms with Gasteiger partial charge in [-0.05, 0) is 42.8 Å². The van der Waals surface area contributed by atoms with Crippen molar-refractivity contribution in [2.45, 2.75) is 6.92 Å². The van der Waals surface area contributed by atoms with Crippen LogP contribution in [-0.4, -0.2) is 14.9 Å². The molecule has 2 aromatic carbocycles. The van der Waals surface area contributed by atoms with Crippen LogP contribution in [-0.2, 0) is 0 Å². The zero-order chi connectivity index (χ0) is 17.8. The number of halogens is 1. The zero-order valence-corrected chi connectivity index (χ0v) is 14.8. The van der Waals surface area contributed by atoms with Crippen LogP contribution < -0.4 is 10.6 Å². The Labute approximate surface area is 152 Å². The molecule has 8 heteroatoms. The van der Waals surface area contributed by atoms with Crippen LogP contribution in [0.4, 0.5) is 28.7 Å². The van der Waals surface area contributed by atoms with E-state index in [1.54, 1.807) is 12.1 Å². The Balaban J connectivity index is 1.98. The van der Waals surface area contributed by atoms with E-state index in [-0.39, 0.29) is 17.3 Å². The van der Waals surface area contributed by atoms with Crippen LogP contribution in [0.1, 0.15) is 5.56 Å². The maximum Gasteiger partial charge on any atom is 0.353 e. The molecule has 0 spiro atoms. The van der Waals surface area contributed by atoms with E-state index in [2.05, 4.69) is 36.5 Å². The SMILES string of the molecule is Cc1cccc(Nc2ncnc(Nc3cccc(Br)c3)c2[N+](=O)[O-])c1. The second-order valence-corrected chi connectivity index (χ2v) is 6.22. The van der Waals surface area contributed by atoms with Gasteiger partial charge in [0, 0.05) is 15.8 Å². The molecule has 0 atom stereocenters. The van der Waals surface area contributed by atoms with Crippen LogP contribution in [0.5, 0.6) is 0 Å². The van der Waals surface area contributed by atoms with Crippen LogP contribution >= 0.6 is 15.9 Å². The van der Waals surface area contributed by atoms with Crippen LogP contribution in [0.25, 0.3) is 0 Å². The summed E-state index contributed by atoms with van der Waals surface area (Å²) in [6, 6.07) is 14.8. The van der Waals surface area contributed by atoms with Crippen LogP contribution in [0.15, 0.2) is 59.3 Å². The van der Waals surface area contributed by atoms with Gasteiger partial charge in [-0.25, -0.2) is 9.97 Å². The van der Waals surface area contributed by atoms with Gasteiger partial charge in [0.25, 0.3) is 0 Å². The summed E-state index contributed by atoms with van der Waals surface area (Å²) in [6.07, 6.45) is 1.28. The van der Waals surface area contributed by atoms with Crippen molar-refractivity contribution < 1.29 is 4.92 Å². The summed E-state index contributed by atoms with van der Waals surface area (Å²) in [5.74, 6) is 0.247. The Bertz CT molecular complexity index is 867. The second-order valence-electron chi connectivity index (χ2n) is 5.31. The average Bonchev–Trinajstić information content (AvgIpc) is 2.55. The largest absolute Gasteiger partial charge is 0.353 e. The summed E-state index contributed by atoms with van der Waals surface area (Å²) >= 11 is 3.37. The number of nitro groups is 1. The highest BCUT2D eigenvalue weighted by molar-refractivity contribution is 9.10. The van der Waals surface area contributed by atoms with E-state index in [9.17, 15) is 10.1 Å². The molecule has 0 radical (unpaired) electrons. The Morgan fingerprint density at radius 1 is 1.00 bits per heavy atom. The molecule has 3 rings (SSSR count). The minimum absolute atomic E-state index is 0.119. The lowest BCUT2D eigenvalue weighted by atomic mass is 10.2. The fraction of sp³-hybridized carbons (Fsp3) is 0.0588. The van der Waals surface area contributed by atoms with Crippen molar-refractivity contribution in [3.05, 3.63) is 75.0 Å². The topological polar surface area (TPSA) is 93.0 Å². The molecular weight excluding hydrogens is 386 g/mol. The Morgan fingerprint density at radius 3 is 2.16 bits per heavy atom.